The van der Waals surface area contributed by atoms with Crippen molar-refractivity contribution in [1.29, 1.82) is 0 Å². The highest BCUT2D eigenvalue weighted by Crippen LogP contribution is 2.11. The van der Waals surface area contributed by atoms with Gasteiger partial charge in [0.2, 0.25) is 0 Å². The molecule has 0 aliphatic rings. The lowest BCUT2D eigenvalue weighted by atomic mass is 10.3. The third kappa shape index (κ3) is 2.46. The van der Waals surface area contributed by atoms with Crippen LogP contribution in [0.25, 0.3) is 0 Å². The van der Waals surface area contributed by atoms with Crippen molar-refractivity contribution < 1.29 is 0 Å². The largest absolute Gasteiger partial charge is 0.268 e. The van der Waals surface area contributed by atoms with Gasteiger partial charge in [-0.2, -0.15) is 5.10 Å². The van der Waals surface area contributed by atoms with Crippen LogP contribution in [0, 0.1) is 0 Å². The van der Waals surface area contributed by atoms with Gasteiger partial charge in [-0.15, -0.1) is 0 Å². The quantitative estimate of drug-likeness (QED) is 0.672. The summed E-state index contributed by atoms with van der Waals surface area (Å²) < 4.78 is 0. The summed E-state index contributed by atoms with van der Waals surface area (Å²) in [5, 5.41) is 6.70. The maximum absolute atomic E-state index is 4.10. The lowest BCUT2D eigenvalue weighted by Gasteiger charge is -2.06. The fourth-order valence-corrected chi connectivity index (χ4v) is 2.02. The minimum Gasteiger partial charge on any atom is -0.268 e. The molecule has 60 valence electrons. The van der Waals surface area contributed by atoms with Crippen LogP contribution in [-0.2, 0) is 0 Å². The van der Waals surface area contributed by atoms with Crippen LogP contribution >= 0.6 is 0 Å². The smallest absolute Gasteiger partial charge is 0.137 e. The van der Waals surface area contributed by atoms with E-state index in [0.29, 0.717) is 0 Å². The molecule has 1 N–H and O–H groups in total. The van der Waals surface area contributed by atoms with Crippen molar-refractivity contribution in [2.45, 2.75) is 32.2 Å². The number of nitrogens with one attached hydrogen (secondary N) is 1. The second kappa shape index (κ2) is 4.28. The van der Waals surface area contributed by atoms with E-state index in [1.807, 2.05) is 0 Å². The summed E-state index contributed by atoms with van der Waals surface area (Å²) in [7, 11) is 0.791. The number of rotatable bonds is 4. The number of H-pyrrole nitrogens is 1. The molecule has 3 nitrogen and oxygen atoms in total. The molecule has 1 aromatic heterocycles. The molecule has 11 heavy (non-hydrogen) atoms. The molecule has 0 aromatic carbocycles. The molecule has 0 bridgehead atoms. The summed E-state index contributed by atoms with van der Waals surface area (Å²) in [6, 6.07) is 0. The molecule has 0 aliphatic carbocycles. The molecule has 0 fully saturated rings. The first kappa shape index (κ1) is 8.45. The molecule has 0 aliphatic heterocycles. The Kier molecular flexibility index (Phi) is 3.29. The Morgan fingerprint density at radius 3 is 2.73 bits per heavy atom. The van der Waals surface area contributed by atoms with Gasteiger partial charge in [-0.05, 0) is 5.54 Å². The van der Waals surface area contributed by atoms with Crippen LogP contribution in [0.15, 0.2) is 6.33 Å². The van der Waals surface area contributed by atoms with Crippen molar-refractivity contribution in [3.05, 3.63) is 6.33 Å². The molecule has 2 radical (unpaired) electrons. The van der Waals surface area contributed by atoms with Crippen molar-refractivity contribution in [2.75, 3.05) is 0 Å². The van der Waals surface area contributed by atoms with Crippen molar-refractivity contribution >= 4 is 15.0 Å². The van der Waals surface area contributed by atoms with E-state index in [-0.39, 0.29) is 0 Å². The van der Waals surface area contributed by atoms with Crippen LogP contribution in [0.1, 0.15) is 26.7 Å². The third-order valence-electron chi connectivity index (χ3n) is 1.74. The molecule has 0 amide bonds. The Balaban J connectivity index is 2.41. The molecule has 1 heterocycles. The van der Waals surface area contributed by atoms with Gasteiger partial charge >= 0.3 is 0 Å². The predicted octanol–water partition coefficient (Wildman–Crippen LogP) is 0.743. The Bertz CT molecular complexity index is 182. The van der Waals surface area contributed by atoms with E-state index in [1.165, 1.54) is 12.8 Å². The molecule has 4 heteroatoms. The van der Waals surface area contributed by atoms with E-state index in [4.69, 9.17) is 0 Å². The normalized spacial score (nSPS) is 10.8. The molecule has 1 rings (SSSR count). The molecule has 1 aromatic rings. The fraction of sp³-hybridized carbons (Fsp3) is 0.714. The Morgan fingerprint density at radius 1 is 1.55 bits per heavy atom. The van der Waals surface area contributed by atoms with Gasteiger partial charge in [0.05, 0.1) is 5.45 Å². The lowest BCUT2D eigenvalue weighted by Crippen LogP contribution is -2.22. The molecule has 0 saturated carbocycles. The highest BCUT2D eigenvalue weighted by molar-refractivity contribution is 6.52. The SMILES string of the molecule is CCC(CC)[Si]c1ncn[nH]1. The second-order valence-corrected chi connectivity index (χ2v) is 4.07. The van der Waals surface area contributed by atoms with Crippen LogP contribution < -0.4 is 5.45 Å². The lowest BCUT2D eigenvalue weighted by molar-refractivity contribution is 0.761. The minimum atomic E-state index is 0.781. The van der Waals surface area contributed by atoms with E-state index in [1.54, 1.807) is 6.33 Å². The highest BCUT2D eigenvalue weighted by Gasteiger charge is 2.07. The van der Waals surface area contributed by atoms with Crippen molar-refractivity contribution in [3.8, 4) is 0 Å². The molecule has 0 atom stereocenters. The maximum Gasteiger partial charge on any atom is 0.137 e. The Morgan fingerprint density at radius 2 is 2.27 bits per heavy atom. The van der Waals surface area contributed by atoms with Gasteiger partial charge in [0, 0.05) is 0 Å². The number of nitrogens with zero attached hydrogens (tertiary/aromatic N) is 2. The van der Waals surface area contributed by atoms with E-state index in [0.717, 1.165) is 20.5 Å². The summed E-state index contributed by atoms with van der Waals surface area (Å²) >= 11 is 0. The maximum atomic E-state index is 4.10. The minimum absolute atomic E-state index is 0.781. The van der Waals surface area contributed by atoms with Crippen LogP contribution in [0.4, 0.5) is 0 Å². The van der Waals surface area contributed by atoms with Gasteiger partial charge in [0.25, 0.3) is 0 Å². The summed E-state index contributed by atoms with van der Waals surface area (Å²) in [5.74, 6) is 0. The van der Waals surface area contributed by atoms with Crippen LogP contribution in [0.5, 0.6) is 0 Å². The van der Waals surface area contributed by atoms with Crippen molar-refractivity contribution in [1.82, 2.24) is 15.2 Å². The summed E-state index contributed by atoms with van der Waals surface area (Å²) in [4.78, 5) is 4.10. The van der Waals surface area contributed by atoms with Crippen LogP contribution in [0.3, 0.4) is 0 Å². The first-order valence-corrected chi connectivity index (χ1v) is 5.06. The van der Waals surface area contributed by atoms with Crippen LogP contribution in [-0.4, -0.2) is 24.7 Å². The molecular formula is C7H13N3Si. The van der Waals surface area contributed by atoms with Gasteiger partial charge in [-0.25, -0.2) is 4.98 Å². The van der Waals surface area contributed by atoms with Gasteiger partial charge in [-0.3, -0.25) is 5.10 Å². The summed E-state index contributed by atoms with van der Waals surface area (Å²) in [6.07, 6.45) is 4.04. The van der Waals surface area contributed by atoms with Crippen molar-refractivity contribution in [2.24, 2.45) is 0 Å². The van der Waals surface area contributed by atoms with E-state index >= 15 is 0 Å². The monoisotopic (exact) mass is 167 g/mol. The summed E-state index contributed by atoms with van der Waals surface area (Å²) in [6.45, 7) is 4.44. The van der Waals surface area contributed by atoms with Gasteiger partial charge in [-0.1, -0.05) is 26.7 Å². The standard InChI is InChI=1S/C7H13N3Si/c1-3-6(4-2)11-7-8-5-9-10-7/h5-6H,3-4H2,1-2H3,(H,8,9,10). The van der Waals surface area contributed by atoms with Crippen LogP contribution in [0.2, 0.25) is 5.54 Å². The molecular weight excluding hydrogens is 154 g/mol. The summed E-state index contributed by atoms with van der Waals surface area (Å²) in [5.41, 5.74) is 1.82. The first-order valence-electron chi connectivity index (χ1n) is 3.98. The third-order valence-corrected chi connectivity index (χ3v) is 3.48. The van der Waals surface area contributed by atoms with E-state index in [2.05, 4.69) is 29.0 Å². The fourth-order valence-electron chi connectivity index (χ4n) is 0.961. The van der Waals surface area contributed by atoms with E-state index < -0.39 is 0 Å². The molecule has 0 saturated heterocycles. The number of aromatic nitrogens is 3. The zero-order valence-corrected chi connectivity index (χ0v) is 7.96. The average Bonchev–Trinajstić information content (AvgIpc) is 2.52. The Hall–Kier alpha value is -0.643. The molecule has 0 unspecified atom stereocenters. The predicted molar refractivity (Wildman–Crippen MR) is 46.1 cm³/mol. The number of hydrogen-bond donors (Lipinski definition) is 1. The van der Waals surface area contributed by atoms with Gasteiger partial charge < -0.3 is 0 Å². The van der Waals surface area contributed by atoms with Crippen molar-refractivity contribution in [3.63, 3.8) is 0 Å². The van der Waals surface area contributed by atoms with Gasteiger partial charge in [0.15, 0.2) is 0 Å². The number of hydrogen-bond acceptors (Lipinski definition) is 2. The topological polar surface area (TPSA) is 41.6 Å². The van der Waals surface area contributed by atoms with E-state index in [9.17, 15) is 0 Å². The van der Waals surface area contributed by atoms with Gasteiger partial charge in [0.1, 0.15) is 15.8 Å². The highest BCUT2D eigenvalue weighted by atomic mass is 28.2. The molecule has 0 spiro atoms. The zero-order chi connectivity index (χ0) is 8.10. The average molecular weight is 167 g/mol. The first-order chi connectivity index (χ1) is 5.36. The Labute approximate surface area is 69.4 Å². The zero-order valence-electron chi connectivity index (χ0n) is 6.96. The number of aromatic amines is 1. The second-order valence-electron chi connectivity index (χ2n) is 2.49.